The number of aromatic nitrogens is 5. The summed E-state index contributed by atoms with van der Waals surface area (Å²) in [5.74, 6) is -0.634. The zero-order valence-electron chi connectivity index (χ0n) is 20.5. The fourth-order valence-electron chi connectivity index (χ4n) is 5.00. The van der Waals surface area contributed by atoms with Crippen molar-refractivity contribution in [3.63, 3.8) is 0 Å². The summed E-state index contributed by atoms with van der Waals surface area (Å²) in [5, 5.41) is 10.1. The number of rotatable bonds is 7. The second-order valence-electron chi connectivity index (χ2n) is 9.57. The lowest BCUT2D eigenvalue weighted by Crippen LogP contribution is -2.63. The number of pyridine rings is 1. The number of hydrogen-bond donors (Lipinski definition) is 3. The summed E-state index contributed by atoms with van der Waals surface area (Å²) in [4.78, 5) is 18.5. The van der Waals surface area contributed by atoms with E-state index in [1.807, 2.05) is 0 Å². The molecule has 39 heavy (non-hydrogen) atoms. The van der Waals surface area contributed by atoms with E-state index in [4.69, 9.17) is 11.5 Å². The number of aliphatic hydroxyl groups is 1. The number of benzene rings is 1. The van der Waals surface area contributed by atoms with E-state index in [1.54, 1.807) is 15.5 Å². The van der Waals surface area contributed by atoms with Crippen molar-refractivity contribution >= 4 is 22.7 Å². The van der Waals surface area contributed by atoms with Crippen molar-refractivity contribution in [2.45, 2.75) is 43.9 Å². The topological polar surface area (TPSA) is 132 Å². The molecule has 5 rings (SSSR count). The molecular formula is C25H25F5N8O. The number of anilines is 2. The molecule has 1 aromatic carbocycles. The van der Waals surface area contributed by atoms with Gasteiger partial charge in [-0.15, -0.1) is 0 Å². The molecule has 0 bridgehead atoms. The third-order valence-corrected chi connectivity index (χ3v) is 6.98. The minimum Gasteiger partial charge on any atom is -0.385 e. The summed E-state index contributed by atoms with van der Waals surface area (Å²) in [6.07, 6.45) is -3.20. The van der Waals surface area contributed by atoms with Gasteiger partial charge in [0, 0.05) is 24.2 Å². The van der Waals surface area contributed by atoms with Gasteiger partial charge in [0.15, 0.2) is 11.5 Å². The van der Waals surface area contributed by atoms with E-state index in [0.29, 0.717) is 35.4 Å². The van der Waals surface area contributed by atoms with Gasteiger partial charge in [-0.05, 0) is 42.7 Å². The first kappa shape index (κ1) is 26.7. The highest BCUT2D eigenvalue weighted by atomic mass is 19.3. The Balaban J connectivity index is 1.61. The average molecular weight is 549 g/mol. The number of hydrogen-bond acceptors (Lipinski definition) is 8. The Morgan fingerprint density at radius 2 is 1.87 bits per heavy atom. The standard InChI is InChI=1S/C25H25F5N8O/c26-14-2-3-15(16(7-14)21(27)28)17-6-13(9-38-12-36-19-23(31)34-11-35-24(19)38)18(8-33-17)37-5-1-4-25(32,10-37)20(39)22(29)30/h2-3,6-8,11-12,20-22,39H,1,4-5,9-10,32H2,(H2,31,34,35)/t20-,25+/m0/s1. The molecule has 1 aliphatic heterocycles. The largest absolute Gasteiger partial charge is 0.385 e. The Kier molecular flexibility index (Phi) is 7.07. The van der Waals surface area contributed by atoms with E-state index in [0.717, 1.165) is 12.1 Å². The smallest absolute Gasteiger partial charge is 0.265 e. The molecule has 3 aromatic heterocycles. The first-order chi connectivity index (χ1) is 18.6. The number of aliphatic hydroxyl groups excluding tert-OH is 1. The first-order valence-electron chi connectivity index (χ1n) is 12.1. The predicted molar refractivity (Wildman–Crippen MR) is 134 cm³/mol. The van der Waals surface area contributed by atoms with Crippen LogP contribution in [-0.2, 0) is 6.54 Å². The van der Waals surface area contributed by atoms with Gasteiger partial charge in [-0.3, -0.25) is 4.98 Å². The Hall–Kier alpha value is -3.91. The number of piperidine rings is 1. The molecule has 0 aliphatic carbocycles. The van der Waals surface area contributed by atoms with Crippen LogP contribution in [0.4, 0.5) is 33.5 Å². The molecule has 0 unspecified atom stereocenters. The zero-order valence-corrected chi connectivity index (χ0v) is 20.5. The van der Waals surface area contributed by atoms with Crippen LogP contribution in [0, 0.1) is 5.82 Å². The minimum absolute atomic E-state index is 0.0428. The molecule has 1 saturated heterocycles. The molecule has 1 aliphatic rings. The molecule has 14 heteroatoms. The van der Waals surface area contributed by atoms with Crippen LogP contribution in [-0.4, -0.2) is 60.8 Å². The fraction of sp³-hybridized carbons (Fsp3) is 0.360. The molecule has 0 amide bonds. The molecule has 0 radical (unpaired) electrons. The zero-order chi connectivity index (χ0) is 27.9. The van der Waals surface area contributed by atoms with E-state index >= 15 is 0 Å². The number of nitrogens with two attached hydrogens (primary N) is 2. The average Bonchev–Trinajstić information content (AvgIpc) is 3.32. The van der Waals surface area contributed by atoms with E-state index in [9.17, 15) is 27.1 Å². The van der Waals surface area contributed by atoms with Crippen molar-refractivity contribution in [2.75, 3.05) is 23.7 Å². The molecule has 5 N–H and O–H groups in total. The molecule has 206 valence electrons. The number of fused-ring (bicyclic) bond motifs is 1. The molecule has 4 heterocycles. The Morgan fingerprint density at radius 3 is 2.62 bits per heavy atom. The molecule has 1 fully saturated rings. The number of nitrogen functional groups attached to an aromatic ring is 1. The van der Waals surface area contributed by atoms with E-state index in [-0.39, 0.29) is 36.6 Å². The summed E-state index contributed by atoms with van der Waals surface area (Å²) in [6.45, 7) is 0.460. The molecule has 0 saturated carbocycles. The highest BCUT2D eigenvalue weighted by Crippen LogP contribution is 2.36. The minimum atomic E-state index is -3.02. The molecule has 4 aromatic rings. The van der Waals surface area contributed by atoms with Crippen LogP contribution in [0.15, 0.2) is 43.1 Å². The summed E-state index contributed by atoms with van der Waals surface area (Å²) in [7, 11) is 0. The summed E-state index contributed by atoms with van der Waals surface area (Å²) >= 11 is 0. The van der Waals surface area contributed by atoms with Crippen molar-refractivity contribution in [2.24, 2.45) is 5.73 Å². The summed E-state index contributed by atoms with van der Waals surface area (Å²) in [6, 6.07) is 4.63. The van der Waals surface area contributed by atoms with Crippen molar-refractivity contribution < 1.29 is 27.1 Å². The van der Waals surface area contributed by atoms with E-state index in [1.165, 1.54) is 24.9 Å². The lowest BCUT2D eigenvalue weighted by molar-refractivity contribution is -0.0529. The Bertz CT molecular complexity index is 1500. The third kappa shape index (κ3) is 5.08. The van der Waals surface area contributed by atoms with Crippen LogP contribution in [0.2, 0.25) is 0 Å². The van der Waals surface area contributed by atoms with Gasteiger partial charge >= 0.3 is 0 Å². The number of nitrogens with zero attached hydrogens (tertiary/aromatic N) is 6. The van der Waals surface area contributed by atoms with Crippen LogP contribution < -0.4 is 16.4 Å². The predicted octanol–water partition coefficient (Wildman–Crippen LogP) is 3.52. The van der Waals surface area contributed by atoms with Crippen LogP contribution in [0.25, 0.3) is 22.4 Å². The SMILES string of the molecule is Nc1ncnc2c1ncn2Cc1cc(-c2ccc(F)cc2C(F)F)ncc1N1CCC[C@](N)([C@@H](O)C(F)F)C1. The number of imidazole rings is 1. The monoisotopic (exact) mass is 548 g/mol. The maximum atomic E-state index is 13.8. The highest BCUT2D eigenvalue weighted by Gasteiger charge is 2.43. The summed E-state index contributed by atoms with van der Waals surface area (Å²) in [5.41, 5.74) is 12.1. The normalized spacial score (nSPS) is 18.8. The van der Waals surface area contributed by atoms with Crippen LogP contribution >= 0.6 is 0 Å². The lowest BCUT2D eigenvalue weighted by Gasteiger charge is -2.44. The second kappa shape index (κ2) is 10.3. The van der Waals surface area contributed by atoms with Crippen LogP contribution in [0.5, 0.6) is 0 Å². The maximum absolute atomic E-state index is 13.8. The van der Waals surface area contributed by atoms with Crippen LogP contribution in [0.3, 0.4) is 0 Å². The van der Waals surface area contributed by atoms with Crippen LogP contribution in [0.1, 0.15) is 30.4 Å². The van der Waals surface area contributed by atoms with E-state index in [2.05, 4.69) is 19.9 Å². The highest BCUT2D eigenvalue weighted by molar-refractivity contribution is 5.81. The van der Waals surface area contributed by atoms with Crippen molar-refractivity contribution in [1.82, 2.24) is 24.5 Å². The fourth-order valence-corrected chi connectivity index (χ4v) is 5.00. The van der Waals surface area contributed by atoms with Gasteiger partial charge in [-0.1, -0.05) is 0 Å². The van der Waals surface area contributed by atoms with Crippen molar-refractivity contribution in [3.8, 4) is 11.3 Å². The molecular weight excluding hydrogens is 523 g/mol. The van der Waals surface area contributed by atoms with Gasteiger partial charge in [0.05, 0.1) is 36.0 Å². The lowest BCUT2D eigenvalue weighted by atomic mass is 9.84. The van der Waals surface area contributed by atoms with Gasteiger partial charge in [0.1, 0.15) is 23.8 Å². The van der Waals surface area contributed by atoms with Gasteiger partial charge in [-0.2, -0.15) is 0 Å². The Morgan fingerprint density at radius 1 is 1.08 bits per heavy atom. The van der Waals surface area contributed by atoms with Gasteiger partial charge < -0.3 is 26.0 Å². The molecule has 0 spiro atoms. The van der Waals surface area contributed by atoms with Gasteiger partial charge in [0.25, 0.3) is 12.9 Å². The number of halogens is 5. The number of alkyl halides is 4. The first-order valence-corrected chi connectivity index (χ1v) is 12.1. The molecule has 2 atom stereocenters. The quantitative estimate of drug-likeness (QED) is 0.299. The molecule has 9 nitrogen and oxygen atoms in total. The van der Waals surface area contributed by atoms with Crippen molar-refractivity contribution in [3.05, 3.63) is 60.1 Å². The van der Waals surface area contributed by atoms with Crippen molar-refractivity contribution in [1.29, 1.82) is 0 Å². The van der Waals surface area contributed by atoms with E-state index < -0.39 is 35.9 Å². The van der Waals surface area contributed by atoms with Gasteiger partial charge in [-0.25, -0.2) is 36.9 Å². The second-order valence-corrected chi connectivity index (χ2v) is 9.57. The van der Waals surface area contributed by atoms with Gasteiger partial charge in [0.2, 0.25) is 0 Å². The Labute approximate surface area is 219 Å². The third-order valence-electron chi connectivity index (χ3n) is 6.98. The maximum Gasteiger partial charge on any atom is 0.265 e. The summed E-state index contributed by atoms with van der Waals surface area (Å²) < 4.78 is 69.7.